The molecule has 5 heteroatoms. The van der Waals surface area contributed by atoms with Gasteiger partial charge in [-0.25, -0.2) is 4.79 Å². The molecule has 0 aliphatic heterocycles. The first-order chi connectivity index (χ1) is 14.2. The fourth-order valence-electron chi connectivity index (χ4n) is 2.66. The van der Waals surface area contributed by atoms with Crippen LogP contribution in [0.15, 0.2) is 72.8 Å². The van der Waals surface area contributed by atoms with Crippen molar-refractivity contribution >= 4 is 18.1 Å². The van der Waals surface area contributed by atoms with Crippen molar-refractivity contribution in [2.75, 3.05) is 20.8 Å². The highest BCUT2D eigenvalue weighted by atomic mass is 16.6. The lowest BCUT2D eigenvalue weighted by molar-refractivity contribution is -0.136. The van der Waals surface area contributed by atoms with Crippen LogP contribution in [0.25, 0.3) is 12.2 Å². The Bertz CT molecular complexity index is 980. The van der Waals surface area contributed by atoms with Crippen LogP contribution in [-0.2, 0) is 4.79 Å². The molecule has 0 amide bonds. The van der Waals surface area contributed by atoms with E-state index in [4.69, 9.17) is 18.9 Å². The van der Waals surface area contributed by atoms with E-state index >= 15 is 0 Å². The summed E-state index contributed by atoms with van der Waals surface area (Å²) in [7, 11) is 3.07. The molecule has 0 saturated carbocycles. The summed E-state index contributed by atoms with van der Waals surface area (Å²) in [5, 5.41) is 0. The van der Waals surface area contributed by atoms with Crippen LogP contribution in [0.5, 0.6) is 23.0 Å². The third-order valence-electron chi connectivity index (χ3n) is 4.09. The van der Waals surface area contributed by atoms with Crippen molar-refractivity contribution in [1.29, 1.82) is 0 Å². The van der Waals surface area contributed by atoms with Crippen LogP contribution >= 0.6 is 0 Å². The molecule has 0 saturated heterocycles. The van der Waals surface area contributed by atoms with Crippen LogP contribution in [0.4, 0.5) is 0 Å². The lowest BCUT2D eigenvalue weighted by atomic mass is 10.1. The van der Waals surface area contributed by atoms with Gasteiger partial charge < -0.3 is 18.9 Å². The Labute approximate surface area is 170 Å². The summed E-state index contributed by atoms with van der Waals surface area (Å²) < 4.78 is 21.5. The molecule has 3 aromatic rings. The number of hydrogen-bond donors (Lipinski definition) is 0. The Morgan fingerprint density at radius 3 is 2.10 bits per heavy atom. The van der Waals surface area contributed by atoms with Crippen molar-refractivity contribution in [2.45, 2.75) is 0 Å². The summed E-state index contributed by atoms with van der Waals surface area (Å²) in [5.74, 6) is 1.28. The number of carbonyl (C=O) groups excluding carboxylic acids is 1. The van der Waals surface area contributed by atoms with E-state index in [1.807, 2.05) is 60.7 Å². The van der Waals surface area contributed by atoms with E-state index in [2.05, 4.69) is 0 Å². The second-order valence-corrected chi connectivity index (χ2v) is 6.07. The molecule has 148 valence electrons. The van der Waals surface area contributed by atoms with E-state index in [1.54, 1.807) is 31.4 Å². The normalized spacial score (nSPS) is 10.6. The maximum atomic E-state index is 12.2. The zero-order valence-electron chi connectivity index (χ0n) is 16.3. The minimum absolute atomic E-state index is 0.251. The number of benzene rings is 3. The lowest BCUT2D eigenvalue weighted by Gasteiger charge is -2.12. The number of ether oxygens (including phenoxy) is 4. The molecule has 0 bridgehead atoms. The van der Waals surface area contributed by atoms with Crippen LogP contribution < -0.4 is 18.9 Å². The van der Waals surface area contributed by atoms with Crippen molar-refractivity contribution in [3.05, 3.63) is 83.9 Å². The van der Waals surface area contributed by atoms with Gasteiger partial charge in [0.25, 0.3) is 0 Å². The highest BCUT2D eigenvalue weighted by Crippen LogP contribution is 2.29. The minimum atomic E-state index is -0.540. The molecule has 0 N–H and O–H groups in total. The fraction of sp³-hybridized carbons (Fsp3) is 0.125. The molecule has 0 heterocycles. The van der Waals surface area contributed by atoms with Gasteiger partial charge in [0.05, 0.1) is 14.2 Å². The fourth-order valence-corrected chi connectivity index (χ4v) is 2.66. The summed E-state index contributed by atoms with van der Waals surface area (Å²) in [6, 6.07) is 22.4. The number of para-hydroxylation sites is 2. The maximum absolute atomic E-state index is 12.2. The maximum Gasteiger partial charge on any atom is 0.349 e. The Balaban J connectivity index is 1.64. The van der Waals surface area contributed by atoms with Gasteiger partial charge in [0.2, 0.25) is 0 Å². The molecule has 3 aromatic carbocycles. The van der Waals surface area contributed by atoms with Gasteiger partial charge in [-0.05, 0) is 35.4 Å². The van der Waals surface area contributed by atoms with E-state index in [0.29, 0.717) is 23.0 Å². The quantitative estimate of drug-likeness (QED) is 0.312. The van der Waals surface area contributed by atoms with Gasteiger partial charge in [-0.3, -0.25) is 0 Å². The summed E-state index contributed by atoms with van der Waals surface area (Å²) in [6.07, 6.45) is 3.97. The molecule has 0 aromatic heterocycles. The summed E-state index contributed by atoms with van der Waals surface area (Å²) in [4.78, 5) is 12.2. The SMILES string of the molecule is COc1ccccc1OCC(=O)Oc1ccc(/C=C/c2ccccc2)cc1OC. The first kappa shape index (κ1) is 20.0. The molecule has 0 radical (unpaired) electrons. The second kappa shape index (κ2) is 9.99. The Morgan fingerprint density at radius 1 is 0.724 bits per heavy atom. The van der Waals surface area contributed by atoms with Gasteiger partial charge in [-0.1, -0.05) is 60.7 Å². The van der Waals surface area contributed by atoms with Crippen LogP contribution in [0.2, 0.25) is 0 Å². The van der Waals surface area contributed by atoms with E-state index in [0.717, 1.165) is 11.1 Å². The van der Waals surface area contributed by atoms with E-state index in [-0.39, 0.29) is 6.61 Å². The monoisotopic (exact) mass is 390 g/mol. The molecule has 0 atom stereocenters. The molecular weight excluding hydrogens is 368 g/mol. The number of rotatable bonds is 8. The predicted octanol–water partition coefficient (Wildman–Crippen LogP) is 4.86. The third-order valence-corrected chi connectivity index (χ3v) is 4.09. The molecular formula is C24H22O5. The highest BCUT2D eigenvalue weighted by molar-refractivity contribution is 5.76. The lowest BCUT2D eigenvalue weighted by Crippen LogP contribution is -2.18. The van der Waals surface area contributed by atoms with Gasteiger partial charge in [0.15, 0.2) is 29.6 Å². The second-order valence-electron chi connectivity index (χ2n) is 6.07. The van der Waals surface area contributed by atoms with Gasteiger partial charge >= 0.3 is 5.97 Å². The molecule has 0 aliphatic carbocycles. The molecule has 0 spiro atoms. The molecule has 0 unspecified atom stereocenters. The van der Waals surface area contributed by atoms with Crippen LogP contribution in [0.1, 0.15) is 11.1 Å². The Hall–Kier alpha value is -3.73. The average Bonchev–Trinajstić information content (AvgIpc) is 2.77. The van der Waals surface area contributed by atoms with Gasteiger partial charge in [0.1, 0.15) is 0 Å². The molecule has 29 heavy (non-hydrogen) atoms. The van der Waals surface area contributed by atoms with Gasteiger partial charge in [-0.2, -0.15) is 0 Å². The number of carbonyl (C=O) groups is 1. The standard InChI is InChI=1S/C24H22O5/c1-26-20-10-6-7-11-21(20)28-17-24(25)29-22-15-14-19(16-23(22)27-2)13-12-18-8-4-3-5-9-18/h3-16H,17H2,1-2H3/b13-12+. The van der Waals surface area contributed by atoms with Crippen molar-refractivity contribution in [2.24, 2.45) is 0 Å². The molecule has 5 nitrogen and oxygen atoms in total. The summed E-state index contributed by atoms with van der Waals surface area (Å²) in [5.41, 5.74) is 2.02. The first-order valence-electron chi connectivity index (χ1n) is 9.07. The van der Waals surface area contributed by atoms with Crippen LogP contribution in [0, 0.1) is 0 Å². The number of esters is 1. The summed E-state index contributed by atoms with van der Waals surface area (Å²) in [6.45, 7) is -0.251. The average molecular weight is 390 g/mol. The number of methoxy groups -OCH3 is 2. The topological polar surface area (TPSA) is 54.0 Å². The van der Waals surface area contributed by atoms with Crippen molar-refractivity contribution < 1.29 is 23.7 Å². The minimum Gasteiger partial charge on any atom is -0.493 e. The van der Waals surface area contributed by atoms with E-state index in [9.17, 15) is 4.79 Å². The molecule has 0 aliphatic rings. The smallest absolute Gasteiger partial charge is 0.349 e. The van der Waals surface area contributed by atoms with Crippen LogP contribution in [0.3, 0.4) is 0 Å². The van der Waals surface area contributed by atoms with Crippen molar-refractivity contribution in [3.63, 3.8) is 0 Å². The zero-order chi connectivity index (χ0) is 20.5. The van der Waals surface area contributed by atoms with E-state index in [1.165, 1.54) is 7.11 Å². The third kappa shape index (κ3) is 5.62. The Kier molecular flexibility index (Phi) is 6.90. The zero-order valence-corrected chi connectivity index (χ0v) is 16.3. The first-order valence-corrected chi connectivity index (χ1v) is 9.07. The molecule has 0 fully saturated rings. The highest BCUT2D eigenvalue weighted by Gasteiger charge is 2.12. The summed E-state index contributed by atoms with van der Waals surface area (Å²) >= 11 is 0. The predicted molar refractivity (Wildman–Crippen MR) is 112 cm³/mol. The van der Waals surface area contributed by atoms with Crippen molar-refractivity contribution in [1.82, 2.24) is 0 Å². The Morgan fingerprint density at radius 2 is 1.38 bits per heavy atom. The van der Waals surface area contributed by atoms with Gasteiger partial charge in [0, 0.05) is 0 Å². The van der Waals surface area contributed by atoms with Crippen LogP contribution in [-0.4, -0.2) is 26.8 Å². The van der Waals surface area contributed by atoms with Crippen molar-refractivity contribution in [3.8, 4) is 23.0 Å². The van der Waals surface area contributed by atoms with E-state index < -0.39 is 5.97 Å². The van der Waals surface area contributed by atoms with Gasteiger partial charge in [-0.15, -0.1) is 0 Å². The molecule has 3 rings (SSSR count). The number of hydrogen-bond acceptors (Lipinski definition) is 5. The largest absolute Gasteiger partial charge is 0.493 e.